The average Bonchev–Trinajstić information content (AvgIpc) is 2.27. The van der Waals surface area contributed by atoms with E-state index < -0.39 is 0 Å². The molecule has 2 aliphatic rings. The lowest BCUT2D eigenvalue weighted by Crippen LogP contribution is -2.60. The summed E-state index contributed by atoms with van der Waals surface area (Å²) in [6, 6.07) is -0.0638. The SMILES string of the molecule is CN1C(=O)CC(N2CC(N)C2)C1=O. The van der Waals surface area contributed by atoms with Crippen molar-refractivity contribution in [3.63, 3.8) is 0 Å². The molecule has 0 aromatic rings. The first-order chi connectivity index (χ1) is 6.09. The lowest BCUT2D eigenvalue weighted by atomic mass is 10.1. The van der Waals surface area contributed by atoms with E-state index in [1.807, 2.05) is 4.90 Å². The van der Waals surface area contributed by atoms with Gasteiger partial charge in [-0.3, -0.25) is 19.4 Å². The molecule has 1 atom stereocenters. The zero-order valence-electron chi connectivity index (χ0n) is 7.56. The third-order valence-corrected chi connectivity index (χ3v) is 2.74. The summed E-state index contributed by atoms with van der Waals surface area (Å²) in [4.78, 5) is 25.8. The van der Waals surface area contributed by atoms with Crippen LogP contribution in [0.1, 0.15) is 6.42 Å². The Morgan fingerprint density at radius 2 is 2.00 bits per heavy atom. The molecule has 1 unspecified atom stereocenters. The fraction of sp³-hybridized carbons (Fsp3) is 0.750. The highest BCUT2D eigenvalue weighted by Gasteiger charge is 2.43. The van der Waals surface area contributed by atoms with Gasteiger partial charge in [-0.1, -0.05) is 0 Å². The molecular weight excluding hydrogens is 170 g/mol. The minimum absolute atomic E-state index is 0.0862. The van der Waals surface area contributed by atoms with Gasteiger partial charge < -0.3 is 5.73 Å². The van der Waals surface area contributed by atoms with Crippen LogP contribution in [0.15, 0.2) is 0 Å². The average molecular weight is 183 g/mol. The van der Waals surface area contributed by atoms with Crippen LogP contribution in [0, 0.1) is 0 Å². The highest BCUT2D eigenvalue weighted by molar-refractivity contribution is 6.05. The number of rotatable bonds is 1. The van der Waals surface area contributed by atoms with Gasteiger partial charge in [-0.2, -0.15) is 0 Å². The summed E-state index contributed by atoms with van der Waals surface area (Å²) < 4.78 is 0. The van der Waals surface area contributed by atoms with Gasteiger partial charge in [0.15, 0.2) is 0 Å². The van der Waals surface area contributed by atoms with Crippen LogP contribution in [0.3, 0.4) is 0 Å². The van der Waals surface area contributed by atoms with Crippen molar-refractivity contribution in [2.24, 2.45) is 5.73 Å². The van der Waals surface area contributed by atoms with Crippen LogP contribution in [0.25, 0.3) is 0 Å². The second kappa shape index (κ2) is 2.78. The summed E-state index contributed by atoms with van der Waals surface area (Å²) in [5, 5.41) is 0. The third-order valence-electron chi connectivity index (χ3n) is 2.74. The van der Waals surface area contributed by atoms with E-state index in [0.29, 0.717) is 6.42 Å². The predicted octanol–water partition coefficient (Wildman–Crippen LogP) is -1.61. The zero-order chi connectivity index (χ0) is 9.59. The molecule has 0 saturated carbocycles. The number of hydrogen-bond acceptors (Lipinski definition) is 4. The molecule has 0 aliphatic carbocycles. The smallest absolute Gasteiger partial charge is 0.246 e. The minimum atomic E-state index is -0.239. The Hall–Kier alpha value is -0.940. The van der Waals surface area contributed by atoms with Crippen LogP contribution >= 0.6 is 0 Å². The number of hydrogen-bond donors (Lipinski definition) is 1. The van der Waals surface area contributed by atoms with E-state index in [1.54, 1.807) is 0 Å². The number of carbonyl (C=O) groups excluding carboxylic acids is 2. The zero-order valence-corrected chi connectivity index (χ0v) is 7.56. The van der Waals surface area contributed by atoms with Crippen molar-refractivity contribution < 1.29 is 9.59 Å². The summed E-state index contributed by atoms with van der Waals surface area (Å²) in [6.07, 6.45) is 0.321. The van der Waals surface area contributed by atoms with Gasteiger partial charge in [0.05, 0.1) is 12.5 Å². The summed E-state index contributed by atoms with van der Waals surface area (Å²) in [6.45, 7) is 1.47. The van der Waals surface area contributed by atoms with Crippen molar-refractivity contribution in [2.45, 2.75) is 18.5 Å². The first kappa shape index (κ1) is 8.65. The number of nitrogens with two attached hydrogens (primary N) is 1. The van der Waals surface area contributed by atoms with Crippen molar-refractivity contribution in [2.75, 3.05) is 20.1 Å². The second-order valence-corrected chi connectivity index (χ2v) is 3.72. The molecule has 13 heavy (non-hydrogen) atoms. The van der Waals surface area contributed by atoms with E-state index in [0.717, 1.165) is 13.1 Å². The maximum atomic E-state index is 11.5. The molecule has 5 heteroatoms. The van der Waals surface area contributed by atoms with Crippen LogP contribution in [0.4, 0.5) is 0 Å². The molecule has 0 spiro atoms. The number of likely N-dealkylation sites (N-methyl/N-ethyl adjacent to an activating group) is 1. The summed E-state index contributed by atoms with van der Waals surface area (Å²) in [7, 11) is 1.53. The highest BCUT2D eigenvalue weighted by Crippen LogP contribution is 2.21. The standard InChI is InChI=1S/C8H13N3O2/c1-10-7(12)2-6(8(10)13)11-3-5(9)4-11/h5-6H,2-4,9H2,1H3. The van der Waals surface area contributed by atoms with Crippen LogP contribution < -0.4 is 5.73 Å². The van der Waals surface area contributed by atoms with Crippen molar-refractivity contribution in [3.05, 3.63) is 0 Å². The van der Waals surface area contributed by atoms with Crippen LogP contribution in [-0.2, 0) is 9.59 Å². The Bertz CT molecular complexity index is 260. The molecule has 0 bridgehead atoms. The topological polar surface area (TPSA) is 66.6 Å². The van der Waals surface area contributed by atoms with Gasteiger partial charge in [0.2, 0.25) is 11.8 Å². The molecule has 72 valence electrons. The molecule has 0 aromatic heterocycles. The quantitative estimate of drug-likeness (QED) is 0.496. The van der Waals surface area contributed by atoms with Gasteiger partial charge in [0.25, 0.3) is 0 Å². The lowest BCUT2D eigenvalue weighted by Gasteiger charge is -2.39. The van der Waals surface area contributed by atoms with E-state index in [4.69, 9.17) is 5.73 Å². The molecule has 2 rings (SSSR count). The Morgan fingerprint density at radius 3 is 2.38 bits per heavy atom. The molecule has 2 fully saturated rings. The monoisotopic (exact) mass is 183 g/mol. The predicted molar refractivity (Wildman–Crippen MR) is 45.7 cm³/mol. The van der Waals surface area contributed by atoms with Gasteiger partial charge in [-0.05, 0) is 0 Å². The molecule has 0 radical (unpaired) electrons. The van der Waals surface area contributed by atoms with Gasteiger partial charge in [0, 0.05) is 26.2 Å². The van der Waals surface area contributed by atoms with E-state index in [2.05, 4.69) is 0 Å². The van der Waals surface area contributed by atoms with E-state index in [-0.39, 0.29) is 23.9 Å². The Kier molecular flexibility index (Phi) is 1.85. The van der Waals surface area contributed by atoms with Crippen molar-refractivity contribution in [1.29, 1.82) is 0 Å². The van der Waals surface area contributed by atoms with Crippen LogP contribution in [-0.4, -0.2) is 53.8 Å². The van der Waals surface area contributed by atoms with Crippen molar-refractivity contribution >= 4 is 11.8 Å². The fourth-order valence-corrected chi connectivity index (χ4v) is 1.82. The van der Waals surface area contributed by atoms with Crippen molar-refractivity contribution in [3.8, 4) is 0 Å². The molecule has 2 heterocycles. The molecule has 2 amide bonds. The Balaban J connectivity index is 2.02. The van der Waals surface area contributed by atoms with E-state index in [9.17, 15) is 9.59 Å². The molecule has 2 N–H and O–H groups in total. The largest absolute Gasteiger partial charge is 0.325 e. The minimum Gasteiger partial charge on any atom is -0.325 e. The molecule has 2 saturated heterocycles. The summed E-state index contributed by atoms with van der Waals surface area (Å²) >= 11 is 0. The molecular formula is C8H13N3O2. The van der Waals surface area contributed by atoms with E-state index >= 15 is 0 Å². The summed E-state index contributed by atoms with van der Waals surface area (Å²) in [5.74, 6) is -0.174. The maximum absolute atomic E-state index is 11.5. The van der Waals surface area contributed by atoms with Gasteiger partial charge in [-0.15, -0.1) is 0 Å². The van der Waals surface area contributed by atoms with Crippen LogP contribution in [0.5, 0.6) is 0 Å². The Labute approximate surface area is 76.5 Å². The second-order valence-electron chi connectivity index (χ2n) is 3.72. The number of likely N-dealkylation sites (tertiary alicyclic amines) is 2. The number of nitrogens with zero attached hydrogens (tertiary/aromatic N) is 2. The molecule has 5 nitrogen and oxygen atoms in total. The van der Waals surface area contributed by atoms with Gasteiger partial charge in [-0.25, -0.2) is 0 Å². The third kappa shape index (κ3) is 1.24. The fourth-order valence-electron chi connectivity index (χ4n) is 1.82. The molecule has 0 aromatic carbocycles. The number of amides is 2. The van der Waals surface area contributed by atoms with Gasteiger partial charge >= 0.3 is 0 Å². The number of imide groups is 1. The van der Waals surface area contributed by atoms with Crippen molar-refractivity contribution in [1.82, 2.24) is 9.80 Å². The first-order valence-electron chi connectivity index (χ1n) is 4.39. The van der Waals surface area contributed by atoms with Crippen LogP contribution in [0.2, 0.25) is 0 Å². The Morgan fingerprint density at radius 1 is 1.38 bits per heavy atom. The highest BCUT2D eigenvalue weighted by atomic mass is 16.2. The maximum Gasteiger partial charge on any atom is 0.246 e. The van der Waals surface area contributed by atoms with Gasteiger partial charge in [0.1, 0.15) is 0 Å². The normalized spacial score (nSPS) is 31.2. The number of carbonyl (C=O) groups is 2. The molecule has 2 aliphatic heterocycles. The van der Waals surface area contributed by atoms with E-state index in [1.165, 1.54) is 11.9 Å². The summed E-state index contributed by atoms with van der Waals surface area (Å²) in [5.41, 5.74) is 5.60. The lowest BCUT2D eigenvalue weighted by molar-refractivity contribution is -0.138. The first-order valence-corrected chi connectivity index (χ1v) is 4.39.